The van der Waals surface area contributed by atoms with Crippen LogP contribution in [0.1, 0.15) is 39.4 Å². The van der Waals surface area contributed by atoms with Gasteiger partial charge >= 0.3 is 0 Å². The van der Waals surface area contributed by atoms with Crippen molar-refractivity contribution in [2.45, 2.75) is 39.3 Å². The van der Waals surface area contributed by atoms with Crippen LogP contribution in [0.15, 0.2) is 24.3 Å². The number of hydrogen-bond acceptors (Lipinski definition) is 3. The zero-order valence-electron chi connectivity index (χ0n) is 12.1. The fourth-order valence-corrected chi connectivity index (χ4v) is 2.48. The van der Waals surface area contributed by atoms with Crippen molar-refractivity contribution in [2.24, 2.45) is 0 Å². The second-order valence-corrected chi connectivity index (χ2v) is 4.97. The first-order chi connectivity index (χ1) is 8.48. The lowest BCUT2D eigenvalue weighted by molar-refractivity contribution is -0.00742. The van der Waals surface area contributed by atoms with Gasteiger partial charge in [0.05, 0.1) is 7.11 Å². The van der Waals surface area contributed by atoms with Gasteiger partial charge in [0.1, 0.15) is 11.9 Å². The van der Waals surface area contributed by atoms with Gasteiger partial charge in [-0.1, -0.05) is 32.0 Å². The fourth-order valence-electron chi connectivity index (χ4n) is 2.48. The van der Waals surface area contributed by atoms with Crippen molar-refractivity contribution in [3.8, 4) is 5.75 Å². The average Bonchev–Trinajstić information content (AvgIpc) is 2.38. The molecule has 0 aromatic heterocycles. The predicted octanol–water partition coefficient (Wildman–Crippen LogP) is 2.85. The van der Waals surface area contributed by atoms with Crippen LogP contribution in [0.5, 0.6) is 5.75 Å². The monoisotopic (exact) mass is 251 g/mol. The summed E-state index contributed by atoms with van der Waals surface area (Å²) in [5.41, 5.74) is 0.523. The molecule has 0 aliphatic rings. The standard InChI is InChI=1S/C15H25NO2/c1-6-16(7-2)15(3,4)14(17)12-10-8-9-11-13(12)18-5/h8-11,14,17H,6-7H2,1-5H3. The molecule has 0 bridgehead atoms. The summed E-state index contributed by atoms with van der Waals surface area (Å²) < 4.78 is 5.33. The minimum absolute atomic E-state index is 0.321. The van der Waals surface area contributed by atoms with E-state index in [2.05, 4.69) is 32.6 Å². The van der Waals surface area contributed by atoms with Crippen molar-refractivity contribution >= 4 is 0 Å². The first-order valence-electron chi connectivity index (χ1n) is 6.55. The molecule has 0 aliphatic heterocycles. The van der Waals surface area contributed by atoms with E-state index in [9.17, 15) is 5.11 Å². The summed E-state index contributed by atoms with van der Waals surface area (Å²) >= 11 is 0. The Hall–Kier alpha value is -1.06. The molecule has 3 heteroatoms. The van der Waals surface area contributed by atoms with Crippen molar-refractivity contribution in [3.63, 3.8) is 0 Å². The Kier molecular flexibility index (Phi) is 5.17. The fraction of sp³-hybridized carbons (Fsp3) is 0.600. The van der Waals surface area contributed by atoms with E-state index in [4.69, 9.17) is 4.74 Å². The highest BCUT2D eigenvalue weighted by atomic mass is 16.5. The molecular formula is C15H25NO2. The molecule has 0 fully saturated rings. The summed E-state index contributed by atoms with van der Waals surface area (Å²) in [5, 5.41) is 10.7. The van der Waals surface area contributed by atoms with E-state index in [1.807, 2.05) is 24.3 Å². The molecule has 0 saturated heterocycles. The zero-order chi connectivity index (χ0) is 13.8. The van der Waals surface area contributed by atoms with E-state index in [-0.39, 0.29) is 5.54 Å². The van der Waals surface area contributed by atoms with Gasteiger partial charge in [-0.05, 0) is 33.0 Å². The predicted molar refractivity (Wildman–Crippen MR) is 75.0 cm³/mol. The van der Waals surface area contributed by atoms with Crippen LogP contribution < -0.4 is 4.74 Å². The van der Waals surface area contributed by atoms with Crippen LogP contribution in [0.2, 0.25) is 0 Å². The van der Waals surface area contributed by atoms with Gasteiger partial charge in [-0.2, -0.15) is 0 Å². The maximum Gasteiger partial charge on any atom is 0.124 e. The van der Waals surface area contributed by atoms with Gasteiger partial charge in [0, 0.05) is 11.1 Å². The molecule has 1 aromatic carbocycles. The maximum atomic E-state index is 10.7. The third-order valence-corrected chi connectivity index (χ3v) is 3.68. The van der Waals surface area contributed by atoms with Gasteiger partial charge < -0.3 is 9.84 Å². The van der Waals surface area contributed by atoms with E-state index in [1.165, 1.54) is 0 Å². The van der Waals surface area contributed by atoms with Crippen molar-refractivity contribution < 1.29 is 9.84 Å². The van der Waals surface area contributed by atoms with E-state index in [0.29, 0.717) is 0 Å². The number of para-hydroxylation sites is 1. The summed E-state index contributed by atoms with van der Waals surface area (Å²) in [5.74, 6) is 0.741. The van der Waals surface area contributed by atoms with Crippen LogP contribution in [0.3, 0.4) is 0 Å². The topological polar surface area (TPSA) is 32.7 Å². The number of benzene rings is 1. The molecular weight excluding hydrogens is 226 g/mol. The van der Waals surface area contributed by atoms with Gasteiger partial charge in [0.25, 0.3) is 0 Å². The number of aliphatic hydroxyl groups is 1. The van der Waals surface area contributed by atoms with Gasteiger partial charge in [0.15, 0.2) is 0 Å². The van der Waals surface area contributed by atoms with Crippen LogP contribution in [0.4, 0.5) is 0 Å². The van der Waals surface area contributed by atoms with Crippen molar-refractivity contribution in [1.82, 2.24) is 4.90 Å². The lowest BCUT2D eigenvalue weighted by atomic mass is 9.89. The highest BCUT2D eigenvalue weighted by molar-refractivity contribution is 5.36. The van der Waals surface area contributed by atoms with Crippen molar-refractivity contribution in [3.05, 3.63) is 29.8 Å². The van der Waals surface area contributed by atoms with E-state index in [1.54, 1.807) is 7.11 Å². The Balaban J connectivity index is 3.08. The van der Waals surface area contributed by atoms with E-state index >= 15 is 0 Å². The van der Waals surface area contributed by atoms with Crippen LogP contribution in [-0.4, -0.2) is 35.7 Å². The molecule has 0 aliphatic carbocycles. The van der Waals surface area contributed by atoms with Gasteiger partial charge in [-0.3, -0.25) is 4.90 Å². The lowest BCUT2D eigenvalue weighted by Gasteiger charge is -2.41. The third kappa shape index (κ3) is 2.85. The third-order valence-electron chi connectivity index (χ3n) is 3.68. The second kappa shape index (κ2) is 6.21. The summed E-state index contributed by atoms with van der Waals surface area (Å²) in [6.45, 7) is 10.2. The number of nitrogens with zero attached hydrogens (tertiary/aromatic N) is 1. The van der Waals surface area contributed by atoms with Crippen LogP contribution in [0.25, 0.3) is 0 Å². The highest BCUT2D eigenvalue weighted by Crippen LogP contribution is 2.35. The second-order valence-electron chi connectivity index (χ2n) is 4.97. The van der Waals surface area contributed by atoms with Crippen molar-refractivity contribution in [2.75, 3.05) is 20.2 Å². The molecule has 3 nitrogen and oxygen atoms in total. The number of methoxy groups -OCH3 is 1. The van der Waals surface area contributed by atoms with Crippen LogP contribution in [-0.2, 0) is 0 Å². The Morgan fingerprint density at radius 2 is 1.78 bits per heavy atom. The van der Waals surface area contributed by atoms with Crippen molar-refractivity contribution in [1.29, 1.82) is 0 Å². The Bertz CT molecular complexity index is 373. The number of likely N-dealkylation sites (N-methyl/N-ethyl adjacent to an activating group) is 1. The number of hydrogen-bond donors (Lipinski definition) is 1. The molecule has 0 radical (unpaired) electrons. The Morgan fingerprint density at radius 3 is 2.28 bits per heavy atom. The Labute approximate surface area is 110 Å². The van der Waals surface area contributed by atoms with E-state index in [0.717, 1.165) is 24.4 Å². The van der Waals surface area contributed by atoms with Gasteiger partial charge in [-0.25, -0.2) is 0 Å². The van der Waals surface area contributed by atoms with Crippen LogP contribution >= 0.6 is 0 Å². The maximum absolute atomic E-state index is 10.7. The van der Waals surface area contributed by atoms with Gasteiger partial charge in [-0.15, -0.1) is 0 Å². The number of rotatable bonds is 6. The molecule has 102 valence electrons. The molecule has 1 atom stereocenters. The largest absolute Gasteiger partial charge is 0.496 e. The summed E-state index contributed by atoms with van der Waals surface area (Å²) in [4.78, 5) is 2.25. The number of aliphatic hydroxyl groups excluding tert-OH is 1. The molecule has 1 N–H and O–H groups in total. The normalized spacial score (nSPS) is 13.7. The van der Waals surface area contributed by atoms with E-state index < -0.39 is 6.10 Å². The minimum Gasteiger partial charge on any atom is -0.496 e. The Morgan fingerprint density at radius 1 is 1.22 bits per heavy atom. The summed E-state index contributed by atoms with van der Waals surface area (Å²) in [6.07, 6.45) is -0.575. The molecule has 1 unspecified atom stereocenters. The average molecular weight is 251 g/mol. The molecule has 0 spiro atoms. The SMILES string of the molecule is CCN(CC)C(C)(C)C(O)c1ccccc1OC. The first kappa shape index (κ1) is 15.0. The van der Waals surface area contributed by atoms with Crippen LogP contribution in [0, 0.1) is 0 Å². The summed E-state index contributed by atoms with van der Waals surface area (Å²) in [7, 11) is 1.63. The highest BCUT2D eigenvalue weighted by Gasteiger charge is 2.35. The molecule has 1 rings (SSSR count). The zero-order valence-corrected chi connectivity index (χ0v) is 12.1. The molecule has 0 amide bonds. The minimum atomic E-state index is -0.575. The quantitative estimate of drug-likeness (QED) is 0.844. The first-order valence-corrected chi connectivity index (χ1v) is 6.55. The number of ether oxygens (including phenoxy) is 1. The molecule has 18 heavy (non-hydrogen) atoms. The molecule has 0 heterocycles. The van der Waals surface area contributed by atoms with Gasteiger partial charge in [0.2, 0.25) is 0 Å². The molecule has 1 aromatic rings. The molecule has 0 saturated carbocycles. The summed E-state index contributed by atoms with van der Waals surface area (Å²) in [6, 6.07) is 7.66. The lowest BCUT2D eigenvalue weighted by Crippen LogP contribution is -2.48. The smallest absolute Gasteiger partial charge is 0.124 e.